The molecular formula is C13H13N3. The van der Waals surface area contributed by atoms with Crippen molar-refractivity contribution in [1.82, 2.24) is 15.0 Å². The molecule has 16 heavy (non-hydrogen) atoms. The Hall–Kier alpha value is -1.90. The number of pyridine rings is 1. The number of aromatic amines is 1. The molecule has 0 atom stereocenters. The molecule has 0 bridgehead atoms. The molecule has 1 N–H and O–H groups in total. The molecule has 2 aromatic heterocycles. The Bertz CT molecular complexity index is 640. The van der Waals surface area contributed by atoms with E-state index in [0.29, 0.717) is 0 Å². The Morgan fingerprint density at radius 1 is 1.25 bits per heavy atom. The summed E-state index contributed by atoms with van der Waals surface area (Å²) in [6, 6.07) is 8.11. The van der Waals surface area contributed by atoms with Crippen LogP contribution in [0.25, 0.3) is 21.9 Å². The Labute approximate surface area is 93.5 Å². The number of hydrogen-bond acceptors (Lipinski definition) is 2. The number of benzene rings is 1. The Kier molecular flexibility index (Phi) is 2.10. The van der Waals surface area contributed by atoms with Crippen LogP contribution in [0.2, 0.25) is 0 Å². The van der Waals surface area contributed by atoms with Crippen molar-refractivity contribution in [3.8, 4) is 0 Å². The van der Waals surface area contributed by atoms with Crippen LogP contribution in [-0.4, -0.2) is 15.0 Å². The van der Waals surface area contributed by atoms with Crippen LogP contribution in [0.15, 0.2) is 30.5 Å². The first-order chi connectivity index (χ1) is 7.88. The fraction of sp³-hybridized carbons (Fsp3) is 0.231. The van der Waals surface area contributed by atoms with E-state index in [2.05, 4.69) is 34.0 Å². The molecule has 3 aromatic rings. The third-order valence-corrected chi connectivity index (χ3v) is 2.77. The van der Waals surface area contributed by atoms with Gasteiger partial charge in [-0.3, -0.25) is 4.98 Å². The fourth-order valence-corrected chi connectivity index (χ4v) is 2.03. The Morgan fingerprint density at radius 3 is 3.06 bits per heavy atom. The molecule has 0 aliphatic carbocycles. The van der Waals surface area contributed by atoms with Crippen LogP contribution in [0.1, 0.15) is 19.2 Å². The topological polar surface area (TPSA) is 41.6 Å². The first-order valence-electron chi connectivity index (χ1n) is 5.61. The summed E-state index contributed by atoms with van der Waals surface area (Å²) in [6.07, 6.45) is 3.92. The predicted octanol–water partition coefficient (Wildman–Crippen LogP) is 3.06. The van der Waals surface area contributed by atoms with Gasteiger partial charge in [0.2, 0.25) is 0 Å². The van der Waals surface area contributed by atoms with E-state index in [4.69, 9.17) is 0 Å². The van der Waals surface area contributed by atoms with E-state index in [9.17, 15) is 0 Å². The van der Waals surface area contributed by atoms with Gasteiger partial charge in [-0.2, -0.15) is 0 Å². The van der Waals surface area contributed by atoms with Gasteiger partial charge in [-0.15, -0.1) is 0 Å². The summed E-state index contributed by atoms with van der Waals surface area (Å²) >= 11 is 0. The van der Waals surface area contributed by atoms with E-state index >= 15 is 0 Å². The number of fused-ring (bicyclic) bond motifs is 3. The van der Waals surface area contributed by atoms with Crippen molar-refractivity contribution in [2.45, 2.75) is 19.8 Å². The number of hydrogen-bond donors (Lipinski definition) is 1. The van der Waals surface area contributed by atoms with Crippen molar-refractivity contribution in [2.24, 2.45) is 0 Å². The number of H-pyrrole nitrogens is 1. The third kappa shape index (κ3) is 1.36. The molecule has 0 radical (unpaired) electrons. The lowest BCUT2D eigenvalue weighted by Crippen LogP contribution is -1.84. The normalized spacial score (nSPS) is 11.3. The molecule has 3 nitrogen and oxygen atoms in total. The predicted molar refractivity (Wildman–Crippen MR) is 65.4 cm³/mol. The quantitative estimate of drug-likeness (QED) is 0.707. The SMILES string of the molecule is CCCc1nc2c(ccc3ncccc32)[nH]1. The molecule has 0 fully saturated rings. The second-order valence-electron chi connectivity index (χ2n) is 3.97. The molecule has 0 aliphatic rings. The summed E-state index contributed by atoms with van der Waals surface area (Å²) in [7, 11) is 0. The first kappa shape index (κ1) is 9.33. The van der Waals surface area contributed by atoms with Gasteiger partial charge in [-0.1, -0.05) is 6.92 Å². The smallest absolute Gasteiger partial charge is 0.107 e. The summed E-state index contributed by atoms with van der Waals surface area (Å²) in [6.45, 7) is 2.16. The van der Waals surface area contributed by atoms with Gasteiger partial charge < -0.3 is 4.98 Å². The summed E-state index contributed by atoms with van der Waals surface area (Å²) in [4.78, 5) is 12.3. The standard InChI is InChI=1S/C13H13N3/c1-2-4-12-15-11-7-6-10-9(13(11)16-12)5-3-8-14-10/h3,5-8H,2,4H2,1H3,(H,15,16). The van der Waals surface area contributed by atoms with Gasteiger partial charge >= 0.3 is 0 Å². The van der Waals surface area contributed by atoms with Gasteiger partial charge in [0.25, 0.3) is 0 Å². The molecule has 3 heteroatoms. The van der Waals surface area contributed by atoms with Crippen LogP contribution in [-0.2, 0) is 6.42 Å². The lowest BCUT2D eigenvalue weighted by atomic mass is 10.2. The average molecular weight is 211 g/mol. The lowest BCUT2D eigenvalue weighted by Gasteiger charge is -1.95. The highest BCUT2D eigenvalue weighted by Gasteiger charge is 2.05. The molecule has 0 amide bonds. The van der Waals surface area contributed by atoms with Crippen molar-refractivity contribution < 1.29 is 0 Å². The van der Waals surface area contributed by atoms with Crippen molar-refractivity contribution in [1.29, 1.82) is 0 Å². The molecule has 0 saturated carbocycles. The van der Waals surface area contributed by atoms with Crippen LogP contribution >= 0.6 is 0 Å². The molecule has 0 aliphatic heterocycles. The molecule has 3 rings (SSSR count). The van der Waals surface area contributed by atoms with E-state index < -0.39 is 0 Å². The number of aromatic nitrogens is 3. The minimum absolute atomic E-state index is 0.996. The van der Waals surface area contributed by atoms with Gasteiger partial charge in [0.1, 0.15) is 5.82 Å². The maximum atomic E-state index is 4.64. The lowest BCUT2D eigenvalue weighted by molar-refractivity contribution is 0.862. The monoisotopic (exact) mass is 211 g/mol. The molecule has 2 heterocycles. The van der Waals surface area contributed by atoms with Gasteiger partial charge in [0, 0.05) is 18.0 Å². The molecule has 80 valence electrons. The van der Waals surface area contributed by atoms with Crippen molar-refractivity contribution in [3.05, 3.63) is 36.3 Å². The van der Waals surface area contributed by atoms with Crippen LogP contribution in [0.5, 0.6) is 0 Å². The summed E-state index contributed by atoms with van der Waals surface area (Å²) in [5.74, 6) is 1.06. The van der Waals surface area contributed by atoms with Crippen LogP contribution in [0.3, 0.4) is 0 Å². The fourth-order valence-electron chi connectivity index (χ4n) is 2.03. The third-order valence-electron chi connectivity index (χ3n) is 2.77. The Balaban J connectivity index is 2.32. The minimum atomic E-state index is 0.996. The minimum Gasteiger partial charge on any atom is -0.342 e. The second-order valence-corrected chi connectivity index (χ2v) is 3.97. The zero-order valence-electron chi connectivity index (χ0n) is 9.20. The van der Waals surface area contributed by atoms with E-state index in [1.165, 1.54) is 0 Å². The van der Waals surface area contributed by atoms with Crippen LogP contribution in [0, 0.1) is 0 Å². The van der Waals surface area contributed by atoms with E-state index in [0.717, 1.165) is 40.6 Å². The van der Waals surface area contributed by atoms with Gasteiger partial charge in [-0.05, 0) is 30.7 Å². The highest BCUT2D eigenvalue weighted by molar-refractivity contribution is 6.02. The highest BCUT2D eigenvalue weighted by Crippen LogP contribution is 2.22. The first-order valence-corrected chi connectivity index (χ1v) is 5.61. The van der Waals surface area contributed by atoms with Gasteiger partial charge in [0.05, 0.1) is 16.6 Å². The Morgan fingerprint density at radius 2 is 2.19 bits per heavy atom. The summed E-state index contributed by atoms with van der Waals surface area (Å²) in [5, 5.41) is 1.12. The largest absolute Gasteiger partial charge is 0.342 e. The highest BCUT2D eigenvalue weighted by atomic mass is 14.9. The van der Waals surface area contributed by atoms with Crippen LogP contribution in [0.4, 0.5) is 0 Å². The number of imidazole rings is 1. The second kappa shape index (κ2) is 3.59. The zero-order valence-corrected chi connectivity index (χ0v) is 9.20. The van der Waals surface area contributed by atoms with E-state index in [1.54, 1.807) is 0 Å². The van der Waals surface area contributed by atoms with Crippen molar-refractivity contribution in [2.75, 3.05) is 0 Å². The summed E-state index contributed by atoms with van der Waals surface area (Å²) in [5.41, 5.74) is 3.14. The maximum Gasteiger partial charge on any atom is 0.107 e. The number of nitrogens with one attached hydrogen (secondary N) is 1. The van der Waals surface area contributed by atoms with E-state index in [1.807, 2.05) is 18.3 Å². The van der Waals surface area contributed by atoms with Gasteiger partial charge in [-0.25, -0.2) is 4.98 Å². The summed E-state index contributed by atoms with van der Waals surface area (Å²) < 4.78 is 0. The molecule has 0 saturated heterocycles. The molecule has 0 unspecified atom stereocenters. The number of rotatable bonds is 2. The molecule has 1 aromatic carbocycles. The maximum absolute atomic E-state index is 4.64. The van der Waals surface area contributed by atoms with E-state index in [-0.39, 0.29) is 0 Å². The molecular weight excluding hydrogens is 198 g/mol. The molecule has 0 spiro atoms. The zero-order chi connectivity index (χ0) is 11.0. The number of nitrogens with zero attached hydrogens (tertiary/aromatic N) is 2. The van der Waals surface area contributed by atoms with Crippen molar-refractivity contribution >= 4 is 21.9 Å². The average Bonchev–Trinajstić information content (AvgIpc) is 2.72. The number of aryl methyl sites for hydroxylation is 1. The van der Waals surface area contributed by atoms with Gasteiger partial charge in [0.15, 0.2) is 0 Å². The van der Waals surface area contributed by atoms with Crippen LogP contribution < -0.4 is 0 Å². The van der Waals surface area contributed by atoms with Crippen molar-refractivity contribution in [3.63, 3.8) is 0 Å².